The number of nitrogens with two attached hydrogens (primary N) is 1. The van der Waals surface area contributed by atoms with Crippen molar-refractivity contribution in [3.8, 4) is 34.5 Å². The number of aliphatic hydroxyl groups is 1. The van der Waals surface area contributed by atoms with Gasteiger partial charge in [0.1, 0.15) is 17.0 Å². The summed E-state index contributed by atoms with van der Waals surface area (Å²) in [5.41, 5.74) is 20.1. The fourth-order valence-electron chi connectivity index (χ4n) is 14.0. The zero-order valence-corrected chi connectivity index (χ0v) is 80.2. The maximum atomic E-state index is 13.6. The van der Waals surface area contributed by atoms with Crippen LogP contribution in [0.25, 0.3) is 0 Å². The molecule has 3 aliphatic rings. The number of benzene rings is 7. The number of carbonyl (C=O) groups is 3. The zero-order valence-electron chi connectivity index (χ0n) is 77.0. The van der Waals surface area contributed by atoms with Crippen LogP contribution in [0.4, 0.5) is 13.2 Å². The molecule has 21 nitrogen and oxygen atoms in total. The Hall–Kier alpha value is -12.2. The predicted octanol–water partition coefficient (Wildman–Crippen LogP) is 22.8. The maximum absolute atomic E-state index is 13.6. The van der Waals surface area contributed by atoms with Crippen LogP contribution in [0, 0.1) is 52.5 Å². The standard InChI is InChI=1S/C29H34N2O4.C16H22BrNO3.C13H12FNO.C13H12FN.C13H13NO.C10H13NO2.C6H11BrO2.C6H6FN/c1-4-6-12-25(28(32)30-24(5-2)22-13-14-26-27(17-22)35-19-34-26)31-18-20(3)15-23(29(31)33)16-21-10-8-7-9-11-21;1-3-5-6-12(17)16(19)18-13(4-2)11-7-8-14-15(9-11)21-10-20-14;1-9-7-11(13(14)15-8-9)12(16)10-5-3-2-4-6-10;1-10-7-12(13(14)15-9-10)8-11-5-3-2-4-6-11;1-10-7-12(13(15)14-9-10)8-11-5-3-2-4-6-11;1-2-8(11)7-3-4-9-10(5-7)13-6-12-9;1-2-3-4-5(7)6(8)9;1-5-2-3-6(7)8-4-5/h7-11,13-15,17-18,24-25H,4-6,12,16,19H2,1-3H3,(H,30,32);7-9,12-13H,3-6,10H2,1-2H3,(H,18,19);2-8,12,16H,1H3;2-7,9H,8H2,1H3;2-7,9H,8H2,1H3,(H,14,15);3-5,8H,2,6,11H2,1H3;5H,2-4H2,1H3,(H,8,9);2-4H,1H3/t24-,25-;12-,13+;;;;8-;5-;/m01...01./s1. The summed E-state index contributed by atoms with van der Waals surface area (Å²) >= 11 is 6.51. The molecule has 0 radical (unpaired) electrons. The third kappa shape index (κ3) is 34.5. The third-order valence-corrected chi connectivity index (χ3v) is 23.1. The van der Waals surface area contributed by atoms with Crippen LogP contribution in [0.15, 0.2) is 253 Å². The number of unbranched alkanes of at least 4 members (excludes halogenated alkanes) is 3. The number of pyridine rings is 5. The van der Waals surface area contributed by atoms with Crippen molar-refractivity contribution in [2.45, 2.75) is 212 Å². The number of alkyl halides is 2. The number of carboxylic acids is 1. The molecule has 2 amide bonds. The molecule has 700 valence electrons. The minimum atomic E-state index is -0.964. The number of carbonyl (C=O) groups excluding carboxylic acids is 2. The highest BCUT2D eigenvalue weighted by atomic mass is 79.9. The van der Waals surface area contributed by atoms with Gasteiger partial charge < -0.3 is 64.6 Å². The van der Waals surface area contributed by atoms with Gasteiger partial charge >= 0.3 is 5.97 Å². The van der Waals surface area contributed by atoms with Crippen LogP contribution in [0.2, 0.25) is 0 Å². The lowest BCUT2D eigenvalue weighted by Crippen LogP contribution is -2.39. The number of rotatable bonds is 29. The van der Waals surface area contributed by atoms with Crippen LogP contribution < -0.4 is 55.9 Å². The number of amides is 2. The number of nitrogens with zero attached hydrogens (tertiary/aromatic N) is 4. The Balaban J connectivity index is 0.000000194. The van der Waals surface area contributed by atoms with Crippen molar-refractivity contribution in [3.63, 3.8) is 0 Å². The number of aryl methyl sites for hydroxylation is 5. The number of H-pyrrole nitrogens is 1. The van der Waals surface area contributed by atoms with Gasteiger partial charge in [-0.3, -0.25) is 24.0 Å². The first-order chi connectivity index (χ1) is 63.6. The summed E-state index contributed by atoms with van der Waals surface area (Å²) in [6.07, 6.45) is 19.5. The van der Waals surface area contributed by atoms with Crippen LogP contribution in [0.5, 0.6) is 34.5 Å². The van der Waals surface area contributed by atoms with E-state index in [1.165, 1.54) is 18.5 Å². The number of halogens is 5. The Morgan fingerprint density at radius 2 is 0.879 bits per heavy atom. The third-order valence-electron chi connectivity index (χ3n) is 21.4. The van der Waals surface area contributed by atoms with Gasteiger partial charge in [-0.1, -0.05) is 258 Å². The molecule has 0 spiro atoms. The molecule has 0 aliphatic carbocycles. The average Bonchev–Trinajstić information content (AvgIpc) is 1.06. The lowest BCUT2D eigenvalue weighted by Gasteiger charge is -2.25. The predicted molar refractivity (Wildman–Crippen MR) is 520 cm³/mol. The number of aromatic amines is 1. The van der Waals surface area contributed by atoms with Gasteiger partial charge in [-0.25, -0.2) is 15.0 Å². The van der Waals surface area contributed by atoms with Crippen LogP contribution in [-0.2, 0) is 33.6 Å². The second-order valence-electron chi connectivity index (χ2n) is 32.1. The number of carboxylic acid groups (broad SMARTS) is 1. The van der Waals surface area contributed by atoms with Gasteiger partial charge in [0.2, 0.25) is 50.0 Å². The molecular formula is C106H123Br2F3N8O13. The number of aromatic nitrogens is 5. The molecule has 0 saturated heterocycles. The maximum Gasteiger partial charge on any atom is 0.317 e. The Labute approximate surface area is 789 Å². The molecule has 5 aromatic heterocycles. The van der Waals surface area contributed by atoms with Gasteiger partial charge in [-0.15, -0.1) is 0 Å². The number of hydrogen-bond donors (Lipinski definition) is 6. The summed E-state index contributed by atoms with van der Waals surface area (Å²) < 4.78 is 72.5. The van der Waals surface area contributed by atoms with Crippen LogP contribution in [0.3, 0.4) is 0 Å². The minimum Gasteiger partial charge on any atom is -0.480 e. The zero-order chi connectivity index (χ0) is 95.4. The molecule has 7 N–H and O–H groups in total. The van der Waals surface area contributed by atoms with E-state index >= 15 is 0 Å². The number of fused-ring (bicyclic) bond motifs is 3. The molecule has 132 heavy (non-hydrogen) atoms. The van der Waals surface area contributed by atoms with E-state index in [1.807, 2.05) is 225 Å². The van der Waals surface area contributed by atoms with Crippen molar-refractivity contribution >= 4 is 49.6 Å². The lowest BCUT2D eigenvalue weighted by molar-refractivity contribution is -0.136. The highest BCUT2D eigenvalue weighted by molar-refractivity contribution is 9.10. The topological polar surface area (TPSA) is 291 Å². The van der Waals surface area contributed by atoms with E-state index in [9.17, 15) is 42.3 Å². The molecule has 26 heteroatoms. The largest absolute Gasteiger partial charge is 0.480 e. The molecule has 15 rings (SSSR count). The number of ether oxygens (including phenoxy) is 6. The van der Waals surface area contributed by atoms with E-state index in [2.05, 4.69) is 90.1 Å². The quantitative estimate of drug-likeness (QED) is 0.0188. The van der Waals surface area contributed by atoms with Crippen LogP contribution in [-0.4, -0.2) is 82.5 Å². The molecule has 0 saturated carbocycles. The van der Waals surface area contributed by atoms with Gasteiger partial charge in [0.15, 0.2) is 34.5 Å². The summed E-state index contributed by atoms with van der Waals surface area (Å²) in [6.45, 7) is 22.8. The first kappa shape index (κ1) is 105. The number of aliphatic hydroxyl groups excluding tert-OH is 1. The molecule has 1 unspecified atom stereocenters. The van der Waals surface area contributed by atoms with Crippen LogP contribution >= 0.6 is 31.9 Å². The van der Waals surface area contributed by atoms with Crippen molar-refractivity contribution in [2.75, 3.05) is 20.4 Å². The van der Waals surface area contributed by atoms with Gasteiger partial charge in [0.25, 0.3) is 11.1 Å². The molecule has 7 aromatic carbocycles. The summed E-state index contributed by atoms with van der Waals surface area (Å²) in [5.74, 6) is 2.28. The highest BCUT2D eigenvalue weighted by Crippen LogP contribution is 2.38. The van der Waals surface area contributed by atoms with E-state index in [0.717, 1.165) is 154 Å². The first-order valence-corrected chi connectivity index (χ1v) is 46.6. The molecule has 0 bridgehead atoms. The van der Waals surface area contributed by atoms with Crippen molar-refractivity contribution in [1.29, 1.82) is 0 Å². The molecule has 0 fully saturated rings. The van der Waals surface area contributed by atoms with Gasteiger partial charge in [-0.05, 0) is 207 Å². The Kier molecular flexibility index (Phi) is 44.5. The lowest BCUT2D eigenvalue weighted by atomic mass is 10.0. The highest BCUT2D eigenvalue weighted by Gasteiger charge is 2.28. The Morgan fingerprint density at radius 1 is 0.455 bits per heavy atom. The average molecular weight is 1930 g/mol. The second kappa shape index (κ2) is 55.8. The molecule has 8 heterocycles. The summed E-state index contributed by atoms with van der Waals surface area (Å²) in [6, 6.07) is 65.9. The number of hydrogen-bond acceptors (Lipinski definition) is 16. The molecule has 3 aliphatic heterocycles. The SMILES string of the molecule is CCCC[C@@H](Br)C(=O)N[C@@H](CC)c1ccc2c(c1)OCO2.CCCC[C@@H](Br)C(=O)O.CCCC[C@@H](C(=O)N[C@@H](CC)c1ccc2c(c1)OCO2)n1cc(C)cc(Cc2ccccc2)c1=O.CC[C@H](N)c1ccc2c(c1)OCO2.Cc1c[nH]c(=O)c(Cc2ccccc2)c1.Cc1ccc(F)nc1.Cc1cnc(F)c(C(O)c2ccccc2)c1.Cc1cnc(F)c(Cc2ccccc2)c1. The summed E-state index contributed by atoms with van der Waals surface area (Å²) in [5, 5.41) is 24.7. The normalized spacial score (nSPS) is 13.0. The smallest absolute Gasteiger partial charge is 0.317 e. The number of aliphatic carboxylic acids is 1. The van der Waals surface area contributed by atoms with Crippen molar-refractivity contribution in [1.82, 2.24) is 35.1 Å². The Morgan fingerprint density at radius 3 is 1.36 bits per heavy atom. The van der Waals surface area contributed by atoms with Crippen molar-refractivity contribution < 1.29 is 66.2 Å². The van der Waals surface area contributed by atoms with Gasteiger partial charge in [-0.2, -0.15) is 13.2 Å². The fraction of sp³-hybridized carbons (Fsp3) is 0.340. The Bertz CT molecular complexity index is 5650. The second-order valence-corrected chi connectivity index (χ2v) is 34.3. The van der Waals surface area contributed by atoms with Crippen LogP contribution in [0.1, 0.15) is 238 Å². The molecular weight excluding hydrogens is 1810 g/mol. The monoisotopic (exact) mass is 1930 g/mol. The minimum absolute atomic E-state index is 0.00412. The number of nitrogens with one attached hydrogen (secondary N) is 3. The summed E-state index contributed by atoms with van der Waals surface area (Å²) in [7, 11) is 0. The molecule has 12 aromatic rings. The van der Waals surface area contributed by atoms with Gasteiger partial charge in [0.05, 0.1) is 16.9 Å². The van der Waals surface area contributed by atoms with E-state index < -0.39 is 30.0 Å². The molecule has 7 atom stereocenters. The van der Waals surface area contributed by atoms with E-state index in [4.69, 9.17) is 39.3 Å². The van der Waals surface area contributed by atoms with Crippen molar-refractivity contribution in [3.05, 3.63) is 371 Å². The first-order valence-electron chi connectivity index (χ1n) is 44.7. The van der Waals surface area contributed by atoms with E-state index in [-0.39, 0.29) is 75.8 Å². The van der Waals surface area contributed by atoms with Gasteiger partial charge in [0, 0.05) is 78.5 Å². The van der Waals surface area contributed by atoms with E-state index in [0.29, 0.717) is 67.1 Å². The van der Waals surface area contributed by atoms with Crippen molar-refractivity contribution in [2.24, 2.45) is 5.73 Å². The fourth-order valence-corrected chi connectivity index (χ4v) is 14.8. The summed E-state index contributed by atoms with van der Waals surface area (Å²) in [4.78, 5) is 74.0. The van der Waals surface area contributed by atoms with E-state index in [1.54, 1.807) is 53.4 Å².